The lowest BCUT2D eigenvalue weighted by Gasteiger charge is -2.36. The maximum Gasteiger partial charge on any atom is 0.416 e. The summed E-state index contributed by atoms with van der Waals surface area (Å²) in [6, 6.07) is 22.8. The highest BCUT2D eigenvalue weighted by Crippen LogP contribution is 2.32. The number of hydrogen-bond acceptors (Lipinski definition) is 3. The number of aromatic nitrogens is 1. The monoisotopic (exact) mass is 475 g/mol. The summed E-state index contributed by atoms with van der Waals surface area (Å²) in [5.74, 6) is -0.0936. The molecule has 0 aliphatic carbocycles. The van der Waals surface area contributed by atoms with Crippen molar-refractivity contribution in [2.24, 2.45) is 0 Å². The number of pyridine rings is 1. The molecule has 1 saturated heterocycles. The third kappa shape index (κ3) is 4.71. The maximum absolute atomic E-state index is 13.7. The van der Waals surface area contributed by atoms with Gasteiger partial charge in [-0.3, -0.25) is 4.79 Å². The minimum atomic E-state index is -4.38. The molecule has 0 atom stereocenters. The molecule has 35 heavy (non-hydrogen) atoms. The molecule has 4 aromatic rings. The lowest BCUT2D eigenvalue weighted by molar-refractivity contribution is -0.137. The van der Waals surface area contributed by atoms with Gasteiger partial charge in [-0.25, -0.2) is 4.98 Å². The average Bonchev–Trinajstić information content (AvgIpc) is 2.88. The molecule has 7 heteroatoms. The van der Waals surface area contributed by atoms with Crippen LogP contribution in [0.5, 0.6) is 0 Å². The fourth-order valence-electron chi connectivity index (χ4n) is 4.49. The number of nitrogens with zero attached hydrogens (tertiary/aromatic N) is 3. The van der Waals surface area contributed by atoms with Crippen molar-refractivity contribution in [1.82, 2.24) is 9.88 Å². The van der Waals surface area contributed by atoms with Crippen molar-refractivity contribution in [1.29, 1.82) is 0 Å². The largest absolute Gasteiger partial charge is 0.416 e. The number of piperazine rings is 1. The summed E-state index contributed by atoms with van der Waals surface area (Å²) in [4.78, 5) is 22.1. The van der Waals surface area contributed by atoms with Crippen molar-refractivity contribution >= 4 is 22.5 Å². The number of benzene rings is 3. The number of anilines is 1. The van der Waals surface area contributed by atoms with Crippen molar-refractivity contribution in [3.8, 4) is 11.3 Å². The van der Waals surface area contributed by atoms with Gasteiger partial charge in [0.25, 0.3) is 5.91 Å². The number of alkyl halides is 3. The zero-order valence-corrected chi connectivity index (χ0v) is 19.2. The Balaban J connectivity index is 1.42. The van der Waals surface area contributed by atoms with Crippen molar-refractivity contribution in [3.63, 3.8) is 0 Å². The predicted octanol–water partition coefficient (Wildman–Crippen LogP) is 6.19. The van der Waals surface area contributed by atoms with Gasteiger partial charge in [-0.2, -0.15) is 13.2 Å². The number of halogens is 3. The molecule has 1 fully saturated rings. The smallest absolute Gasteiger partial charge is 0.368 e. The van der Waals surface area contributed by atoms with Crippen LogP contribution in [0.1, 0.15) is 21.5 Å². The zero-order valence-electron chi connectivity index (χ0n) is 19.2. The summed E-state index contributed by atoms with van der Waals surface area (Å²) in [6.45, 7) is 3.74. The second-order valence-electron chi connectivity index (χ2n) is 8.77. The standard InChI is InChI=1S/C28H24F3N3O/c1-19-10-11-25-23(16-19)24(18-26(32-25)20-6-3-2-4-7-20)27(35)34-14-12-33(13-15-34)22-9-5-8-21(17-22)28(29,30)31/h2-11,16-18H,12-15H2,1H3. The van der Waals surface area contributed by atoms with Crippen molar-refractivity contribution < 1.29 is 18.0 Å². The highest BCUT2D eigenvalue weighted by atomic mass is 19.4. The number of carbonyl (C=O) groups excluding carboxylic acids is 1. The van der Waals surface area contributed by atoms with Crippen LogP contribution in [0.4, 0.5) is 18.9 Å². The van der Waals surface area contributed by atoms with Gasteiger partial charge in [0.15, 0.2) is 0 Å². The Morgan fingerprint density at radius 2 is 1.60 bits per heavy atom. The molecule has 0 unspecified atom stereocenters. The van der Waals surface area contributed by atoms with E-state index in [1.807, 2.05) is 66.4 Å². The lowest BCUT2D eigenvalue weighted by atomic mass is 10.0. The zero-order chi connectivity index (χ0) is 24.6. The first-order valence-electron chi connectivity index (χ1n) is 11.5. The Hall–Kier alpha value is -3.87. The molecule has 4 nitrogen and oxygen atoms in total. The summed E-state index contributed by atoms with van der Waals surface area (Å²) in [5.41, 5.74) is 3.89. The molecule has 1 amide bonds. The first-order chi connectivity index (χ1) is 16.8. The average molecular weight is 476 g/mol. The number of rotatable bonds is 3. The molecule has 1 aliphatic heterocycles. The molecule has 0 spiro atoms. The molecule has 1 aromatic heterocycles. The Kier molecular flexibility index (Phi) is 5.93. The molecule has 1 aliphatic rings. The first-order valence-corrected chi connectivity index (χ1v) is 11.5. The molecule has 2 heterocycles. The predicted molar refractivity (Wildman–Crippen MR) is 131 cm³/mol. The van der Waals surface area contributed by atoms with E-state index in [2.05, 4.69) is 0 Å². The van der Waals surface area contributed by atoms with E-state index in [0.29, 0.717) is 37.4 Å². The van der Waals surface area contributed by atoms with E-state index in [1.165, 1.54) is 12.1 Å². The van der Waals surface area contributed by atoms with Gasteiger partial charge in [0, 0.05) is 42.8 Å². The molecular weight excluding hydrogens is 451 g/mol. The SMILES string of the molecule is Cc1ccc2nc(-c3ccccc3)cc(C(=O)N3CCN(c4cccc(C(F)(F)F)c4)CC3)c2c1. The number of hydrogen-bond donors (Lipinski definition) is 0. The van der Waals surface area contributed by atoms with Gasteiger partial charge in [-0.05, 0) is 43.3 Å². The highest BCUT2D eigenvalue weighted by Gasteiger charge is 2.31. The van der Waals surface area contributed by atoms with Crippen LogP contribution in [0.2, 0.25) is 0 Å². The summed E-state index contributed by atoms with van der Waals surface area (Å²) in [6.07, 6.45) is -4.38. The van der Waals surface area contributed by atoms with Crippen LogP contribution in [0.25, 0.3) is 22.2 Å². The van der Waals surface area contributed by atoms with Crippen LogP contribution in [0.3, 0.4) is 0 Å². The van der Waals surface area contributed by atoms with Crippen LogP contribution in [-0.2, 0) is 6.18 Å². The van der Waals surface area contributed by atoms with Crippen molar-refractivity contribution in [3.05, 3.63) is 95.6 Å². The Morgan fingerprint density at radius 1 is 0.857 bits per heavy atom. The molecule has 5 rings (SSSR count). The third-order valence-corrected chi connectivity index (χ3v) is 6.37. The molecule has 0 N–H and O–H groups in total. The minimum Gasteiger partial charge on any atom is -0.368 e. The van der Waals surface area contributed by atoms with Gasteiger partial charge in [-0.15, -0.1) is 0 Å². The lowest BCUT2D eigenvalue weighted by Crippen LogP contribution is -2.48. The molecule has 0 saturated carbocycles. The van der Waals surface area contributed by atoms with Crippen molar-refractivity contribution in [2.45, 2.75) is 13.1 Å². The minimum absolute atomic E-state index is 0.0936. The van der Waals surface area contributed by atoms with Crippen LogP contribution in [0, 0.1) is 6.92 Å². The van der Waals surface area contributed by atoms with E-state index in [1.54, 1.807) is 11.0 Å². The number of carbonyl (C=O) groups is 1. The second-order valence-corrected chi connectivity index (χ2v) is 8.77. The van der Waals surface area contributed by atoms with Gasteiger partial charge in [-0.1, -0.05) is 48.0 Å². The van der Waals surface area contributed by atoms with Crippen LogP contribution >= 0.6 is 0 Å². The van der Waals surface area contributed by atoms with E-state index >= 15 is 0 Å². The summed E-state index contributed by atoms with van der Waals surface area (Å²) < 4.78 is 39.4. The third-order valence-electron chi connectivity index (χ3n) is 6.37. The van der Waals surface area contributed by atoms with Crippen molar-refractivity contribution in [2.75, 3.05) is 31.1 Å². The fraction of sp³-hybridized carbons (Fsp3) is 0.214. The first kappa shape index (κ1) is 22.9. The Morgan fingerprint density at radius 3 is 2.31 bits per heavy atom. The van der Waals surface area contributed by atoms with Gasteiger partial charge >= 0.3 is 6.18 Å². The number of fused-ring (bicyclic) bond motifs is 1. The van der Waals surface area contributed by atoms with E-state index in [0.717, 1.165) is 33.8 Å². The van der Waals surface area contributed by atoms with E-state index in [9.17, 15) is 18.0 Å². The van der Waals surface area contributed by atoms with Gasteiger partial charge < -0.3 is 9.80 Å². The second kappa shape index (κ2) is 9.06. The molecule has 0 radical (unpaired) electrons. The van der Waals surface area contributed by atoms with Crippen LogP contribution < -0.4 is 4.90 Å². The quantitative estimate of drug-likeness (QED) is 0.354. The molecular formula is C28H24F3N3O. The fourth-order valence-corrected chi connectivity index (χ4v) is 4.49. The van der Waals surface area contributed by atoms with Gasteiger partial charge in [0.05, 0.1) is 22.3 Å². The highest BCUT2D eigenvalue weighted by molar-refractivity contribution is 6.07. The van der Waals surface area contributed by atoms with E-state index < -0.39 is 11.7 Å². The summed E-state index contributed by atoms with van der Waals surface area (Å²) in [7, 11) is 0. The summed E-state index contributed by atoms with van der Waals surface area (Å²) >= 11 is 0. The molecule has 0 bridgehead atoms. The van der Waals surface area contributed by atoms with Gasteiger partial charge in [0.2, 0.25) is 0 Å². The topological polar surface area (TPSA) is 36.4 Å². The van der Waals surface area contributed by atoms with Crippen LogP contribution in [-0.4, -0.2) is 42.0 Å². The number of aryl methyl sites for hydroxylation is 1. The summed E-state index contributed by atoms with van der Waals surface area (Å²) in [5, 5.41) is 0.801. The van der Waals surface area contributed by atoms with Gasteiger partial charge in [0.1, 0.15) is 0 Å². The number of amides is 1. The molecule has 3 aromatic carbocycles. The Labute approximate surface area is 201 Å². The normalized spacial score (nSPS) is 14.4. The van der Waals surface area contributed by atoms with E-state index in [4.69, 9.17) is 4.98 Å². The van der Waals surface area contributed by atoms with Crippen LogP contribution in [0.15, 0.2) is 78.9 Å². The Bertz CT molecular complexity index is 1380. The van der Waals surface area contributed by atoms with E-state index in [-0.39, 0.29) is 5.91 Å². The maximum atomic E-state index is 13.7. The molecule has 178 valence electrons.